The molecular formula is C43H73N11O17. The van der Waals surface area contributed by atoms with E-state index in [-0.39, 0.29) is 51.5 Å². The average molecular weight is 1020 g/mol. The van der Waals surface area contributed by atoms with Crippen LogP contribution in [0.3, 0.4) is 0 Å². The molecule has 3 aliphatic rings. The molecule has 0 radical (unpaired) electrons. The molecule has 402 valence electrons. The van der Waals surface area contributed by atoms with Crippen molar-refractivity contribution in [3.05, 3.63) is 33.1 Å². The Hall–Kier alpha value is -5.30. The van der Waals surface area contributed by atoms with Gasteiger partial charge in [0.1, 0.15) is 66.9 Å². The van der Waals surface area contributed by atoms with Crippen LogP contribution in [0, 0.1) is 11.8 Å². The lowest BCUT2D eigenvalue weighted by Gasteiger charge is -2.39. The SMILES string of the molecule is CCCCCN(CCCNC(=O)C(NC(=O)C(NC(=O)NC(C(=O)O)C(C)C)C1CCN=C(N)N1)C(O)C(C)C)C(C(=O)O)C(O[C@@H]1O[C@H](CN)[C@@H](O)[C@H]1OC)[C@H]1O[C@@H](n2ccc(=O)[nH]c2=O)[C@H](O)[C@@H]1O. The monoisotopic (exact) mass is 1020 g/mol. The number of H-pyrrole nitrogens is 1. The largest absolute Gasteiger partial charge is 0.480 e. The quantitative estimate of drug-likeness (QED) is 0.0367. The van der Waals surface area contributed by atoms with Gasteiger partial charge in [0.15, 0.2) is 18.5 Å². The maximum absolute atomic E-state index is 14.1. The fourth-order valence-electron chi connectivity index (χ4n) is 8.62. The van der Waals surface area contributed by atoms with E-state index in [1.807, 2.05) is 11.9 Å². The number of aromatic amines is 1. The predicted octanol–water partition coefficient (Wildman–Crippen LogP) is -4.99. The van der Waals surface area contributed by atoms with E-state index in [1.165, 1.54) is 12.0 Å². The smallest absolute Gasteiger partial charge is 0.330 e. The molecule has 0 aromatic carbocycles. The molecule has 71 heavy (non-hydrogen) atoms. The molecule has 2 saturated heterocycles. The van der Waals surface area contributed by atoms with E-state index in [1.54, 1.807) is 27.7 Å². The van der Waals surface area contributed by atoms with Gasteiger partial charge in [-0.05, 0) is 37.6 Å². The van der Waals surface area contributed by atoms with Crippen molar-refractivity contribution in [1.82, 2.24) is 41.0 Å². The van der Waals surface area contributed by atoms with Crippen LogP contribution in [-0.4, -0.2) is 206 Å². The van der Waals surface area contributed by atoms with Crippen LogP contribution < -0.4 is 49.3 Å². The Morgan fingerprint density at radius 3 is 2.20 bits per heavy atom. The number of carboxylic acid groups (broad SMARTS) is 2. The normalized spacial score (nSPS) is 27.0. The Bertz CT molecular complexity index is 2090. The molecule has 0 aliphatic carbocycles. The summed E-state index contributed by atoms with van der Waals surface area (Å²) in [6, 6.07) is -7.02. The van der Waals surface area contributed by atoms with Crippen molar-refractivity contribution >= 4 is 35.7 Å². The minimum Gasteiger partial charge on any atom is -0.480 e. The number of carboxylic acids is 2. The summed E-state index contributed by atoms with van der Waals surface area (Å²) >= 11 is 0. The van der Waals surface area contributed by atoms with Crippen LogP contribution >= 0.6 is 0 Å². The predicted molar refractivity (Wildman–Crippen MR) is 249 cm³/mol. The van der Waals surface area contributed by atoms with Gasteiger partial charge < -0.3 is 87.6 Å². The Kier molecular flexibility index (Phi) is 22.1. The summed E-state index contributed by atoms with van der Waals surface area (Å²) in [7, 11) is 1.25. The highest BCUT2D eigenvalue weighted by Crippen LogP contribution is 2.36. The first kappa shape index (κ1) is 58.3. The lowest BCUT2D eigenvalue weighted by molar-refractivity contribution is -0.238. The van der Waals surface area contributed by atoms with Crippen LogP contribution in [-0.2, 0) is 38.1 Å². The summed E-state index contributed by atoms with van der Waals surface area (Å²) in [4.78, 5) is 98.8. The van der Waals surface area contributed by atoms with Crippen LogP contribution in [0.4, 0.5) is 4.79 Å². The number of aromatic nitrogens is 2. The second-order valence-corrected chi connectivity index (χ2v) is 18.4. The zero-order valence-electron chi connectivity index (χ0n) is 40.7. The molecular weight excluding hydrogens is 943 g/mol. The molecule has 16 N–H and O–H groups in total. The molecule has 0 bridgehead atoms. The van der Waals surface area contributed by atoms with Gasteiger partial charge in [-0.1, -0.05) is 47.5 Å². The second-order valence-electron chi connectivity index (χ2n) is 18.4. The van der Waals surface area contributed by atoms with Gasteiger partial charge in [0, 0.05) is 45.6 Å². The first-order chi connectivity index (χ1) is 33.6. The minimum atomic E-state index is -1.91. The van der Waals surface area contributed by atoms with Crippen molar-refractivity contribution in [2.45, 2.75) is 158 Å². The van der Waals surface area contributed by atoms with Crippen molar-refractivity contribution in [1.29, 1.82) is 0 Å². The number of nitrogens with zero attached hydrogens (tertiary/aromatic N) is 3. The van der Waals surface area contributed by atoms with Gasteiger partial charge >= 0.3 is 23.7 Å². The van der Waals surface area contributed by atoms with Crippen molar-refractivity contribution in [3.63, 3.8) is 0 Å². The molecule has 4 rings (SSSR count). The number of aliphatic imine (C=N–C) groups is 1. The standard InChI is InChI=1S/C43H73N11O17/c1-7-8-9-15-53(27(39(64)65)32(71-40-34(68-6)29(57)22(18-44)69-40)33-30(58)31(59)37(70-33)54-17-12-23(55)49-43(54)67)16-10-13-46-35(60)26(28(56)20(4)5)50-36(61)25(21-11-14-47-41(45)48-21)52-42(66)51-24(19(2)3)38(62)63/h12,17,19-22,24-34,37,40,56-59H,7-11,13-16,18,44H2,1-6H3,(H,46,60)(H,50,61)(H,62,63)(H,64,65)(H3,45,47,48)(H,49,55,67)(H2,51,52,66)/t21?,22-,24?,25?,26?,27?,28?,29-,30+,31-,32?,33+,34-,37-,40+/m1/s1. The molecule has 4 heterocycles. The van der Waals surface area contributed by atoms with Crippen LogP contribution in [0.2, 0.25) is 0 Å². The Balaban J connectivity index is 1.61. The van der Waals surface area contributed by atoms with Crippen LogP contribution in [0.1, 0.15) is 73.0 Å². The highest BCUT2D eigenvalue weighted by atomic mass is 16.7. The number of aliphatic hydroxyl groups is 4. The van der Waals surface area contributed by atoms with Gasteiger partial charge in [0.05, 0.1) is 12.1 Å². The average Bonchev–Trinajstić information content (AvgIpc) is 3.78. The van der Waals surface area contributed by atoms with Crippen LogP contribution in [0.25, 0.3) is 0 Å². The number of rotatable bonds is 27. The van der Waals surface area contributed by atoms with E-state index in [2.05, 4.69) is 31.6 Å². The fourth-order valence-corrected chi connectivity index (χ4v) is 8.62. The molecule has 28 nitrogen and oxygen atoms in total. The number of ether oxygens (including phenoxy) is 4. The number of carbonyl (C=O) groups excluding carboxylic acids is 3. The van der Waals surface area contributed by atoms with Crippen molar-refractivity contribution in [2.24, 2.45) is 28.3 Å². The van der Waals surface area contributed by atoms with Gasteiger partial charge in [0.2, 0.25) is 11.8 Å². The summed E-state index contributed by atoms with van der Waals surface area (Å²) in [5.74, 6) is -5.74. The van der Waals surface area contributed by atoms with Crippen molar-refractivity contribution in [2.75, 3.05) is 39.8 Å². The molecule has 0 saturated carbocycles. The number of hydrogen-bond acceptors (Lipinski definition) is 20. The number of aliphatic hydroxyl groups excluding tert-OH is 4. The molecule has 15 atom stereocenters. The first-order valence-electron chi connectivity index (χ1n) is 23.7. The molecule has 4 amide bonds. The summed E-state index contributed by atoms with van der Waals surface area (Å²) < 4.78 is 24.5. The topological polar surface area (TPSA) is 426 Å². The third-order valence-electron chi connectivity index (χ3n) is 12.6. The number of nitrogens with one attached hydrogen (secondary N) is 6. The van der Waals surface area contributed by atoms with Gasteiger partial charge in [-0.3, -0.25) is 38.6 Å². The zero-order valence-corrected chi connectivity index (χ0v) is 40.7. The first-order valence-corrected chi connectivity index (χ1v) is 23.7. The molecule has 0 spiro atoms. The summed E-state index contributed by atoms with van der Waals surface area (Å²) in [6.45, 7) is 8.11. The van der Waals surface area contributed by atoms with Gasteiger partial charge in [0.25, 0.3) is 5.56 Å². The molecule has 28 heteroatoms. The van der Waals surface area contributed by atoms with Crippen molar-refractivity contribution in [3.8, 4) is 0 Å². The second kappa shape index (κ2) is 26.9. The number of unbranched alkanes of at least 4 members (excludes halogenated alkanes) is 2. The Labute approximate surface area is 409 Å². The zero-order chi connectivity index (χ0) is 52.9. The van der Waals surface area contributed by atoms with Gasteiger partial charge in [-0.2, -0.15) is 0 Å². The summed E-state index contributed by atoms with van der Waals surface area (Å²) in [5, 5.41) is 78.5. The molecule has 1 aromatic heterocycles. The number of nitrogens with two attached hydrogens (primary N) is 2. The highest BCUT2D eigenvalue weighted by molar-refractivity contribution is 5.94. The minimum absolute atomic E-state index is 0.0308. The van der Waals surface area contributed by atoms with E-state index in [0.29, 0.717) is 12.8 Å². The van der Waals surface area contributed by atoms with E-state index < -0.39 is 144 Å². The van der Waals surface area contributed by atoms with Crippen molar-refractivity contribution < 1.29 is 73.6 Å². The number of amides is 4. The van der Waals surface area contributed by atoms with Crippen LogP contribution in [0.5, 0.6) is 0 Å². The van der Waals surface area contributed by atoms with E-state index in [9.17, 15) is 64.2 Å². The number of urea groups is 1. The maximum atomic E-state index is 14.1. The number of hydrogen-bond donors (Lipinski definition) is 14. The van der Waals surface area contributed by atoms with E-state index in [0.717, 1.165) is 23.3 Å². The Morgan fingerprint density at radius 2 is 1.62 bits per heavy atom. The number of methoxy groups -OCH3 is 1. The highest BCUT2D eigenvalue weighted by Gasteiger charge is 2.55. The number of aliphatic carboxylic acids is 2. The molecule has 7 unspecified atom stereocenters. The van der Waals surface area contributed by atoms with E-state index in [4.69, 9.17) is 30.4 Å². The number of guanidine groups is 1. The summed E-state index contributed by atoms with van der Waals surface area (Å²) in [6.07, 6.45) is -12.4. The third kappa shape index (κ3) is 15.1. The molecule has 2 fully saturated rings. The number of carbonyl (C=O) groups is 5. The third-order valence-corrected chi connectivity index (χ3v) is 12.6. The lowest BCUT2D eigenvalue weighted by Crippen LogP contribution is -2.66. The molecule has 3 aliphatic heterocycles. The van der Waals surface area contributed by atoms with Crippen LogP contribution in [0.15, 0.2) is 26.8 Å². The lowest BCUT2D eigenvalue weighted by atomic mass is 9.96. The van der Waals surface area contributed by atoms with Gasteiger partial charge in [-0.25, -0.2) is 14.4 Å². The van der Waals surface area contributed by atoms with E-state index >= 15 is 0 Å². The fraction of sp³-hybridized carbons (Fsp3) is 0.767. The summed E-state index contributed by atoms with van der Waals surface area (Å²) in [5.41, 5.74) is 9.96. The Morgan fingerprint density at radius 1 is 0.930 bits per heavy atom. The maximum Gasteiger partial charge on any atom is 0.330 e. The van der Waals surface area contributed by atoms with Gasteiger partial charge in [-0.15, -0.1) is 0 Å². The molecule has 1 aromatic rings.